The van der Waals surface area contributed by atoms with E-state index in [9.17, 15) is 9.59 Å². The predicted molar refractivity (Wildman–Crippen MR) is 83.2 cm³/mol. The summed E-state index contributed by atoms with van der Waals surface area (Å²) in [7, 11) is 1.31. The van der Waals surface area contributed by atoms with Crippen molar-refractivity contribution >= 4 is 16.9 Å². The Balaban J connectivity index is 2.34. The van der Waals surface area contributed by atoms with Gasteiger partial charge in [0.15, 0.2) is 6.10 Å². The summed E-state index contributed by atoms with van der Waals surface area (Å²) in [4.78, 5) is 23.1. The van der Waals surface area contributed by atoms with Gasteiger partial charge in [0, 0.05) is 17.5 Å². The molecule has 2 aromatic rings. The highest BCUT2D eigenvalue weighted by Crippen LogP contribution is 2.24. The molecule has 0 spiro atoms. The minimum atomic E-state index is -0.725. The first kappa shape index (κ1) is 16.1. The van der Waals surface area contributed by atoms with Crippen LogP contribution >= 0.6 is 0 Å². The first-order chi connectivity index (χ1) is 10.5. The van der Waals surface area contributed by atoms with Crippen molar-refractivity contribution in [2.75, 3.05) is 7.11 Å². The van der Waals surface area contributed by atoms with E-state index in [-0.39, 0.29) is 5.63 Å². The van der Waals surface area contributed by atoms with Gasteiger partial charge in [0.25, 0.3) is 0 Å². The molecule has 1 aromatic carbocycles. The number of benzene rings is 1. The topological polar surface area (TPSA) is 65.7 Å². The maximum absolute atomic E-state index is 11.7. The van der Waals surface area contributed by atoms with E-state index in [1.807, 2.05) is 6.07 Å². The van der Waals surface area contributed by atoms with E-state index in [0.717, 1.165) is 30.2 Å². The van der Waals surface area contributed by atoms with Crippen LogP contribution in [0.15, 0.2) is 33.5 Å². The zero-order chi connectivity index (χ0) is 16.1. The molecule has 0 aliphatic heterocycles. The first-order valence-corrected chi connectivity index (χ1v) is 7.36. The summed E-state index contributed by atoms with van der Waals surface area (Å²) >= 11 is 0. The van der Waals surface area contributed by atoms with E-state index in [1.54, 1.807) is 19.1 Å². The first-order valence-electron chi connectivity index (χ1n) is 7.36. The highest BCUT2D eigenvalue weighted by molar-refractivity contribution is 5.82. The fourth-order valence-corrected chi connectivity index (χ4v) is 2.28. The molecule has 0 saturated carbocycles. The maximum atomic E-state index is 11.7. The van der Waals surface area contributed by atoms with Gasteiger partial charge in [-0.25, -0.2) is 9.59 Å². The number of carbonyl (C=O) groups excluding carboxylic acids is 1. The molecule has 5 heteroatoms. The van der Waals surface area contributed by atoms with Crippen molar-refractivity contribution in [2.24, 2.45) is 0 Å². The van der Waals surface area contributed by atoms with Crippen LogP contribution in [0.1, 0.15) is 32.3 Å². The minimum absolute atomic E-state index is 0.378. The minimum Gasteiger partial charge on any atom is -0.479 e. The summed E-state index contributed by atoms with van der Waals surface area (Å²) in [6.07, 6.45) is 2.17. The van der Waals surface area contributed by atoms with Crippen LogP contribution < -0.4 is 10.4 Å². The Hall–Kier alpha value is -2.30. The van der Waals surface area contributed by atoms with Gasteiger partial charge in [-0.2, -0.15) is 0 Å². The van der Waals surface area contributed by atoms with E-state index >= 15 is 0 Å². The van der Waals surface area contributed by atoms with Gasteiger partial charge < -0.3 is 13.9 Å². The number of fused-ring (bicyclic) bond motifs is 1. The van der Waals surface area contributed by atoms with Gasteiger partial charge in [0.1, 0.15) is 11.3 Å². The van der Waals surface area contributed by atoms with E-state index < -0.39 is 12.1 Å². The number of carbonyl (C=O) groups is 1. The normalized spacial score (nSPS) is 12.1. The highest BCUT2D eigenvalue weighted by Gasteiger charge is 2.15. The summed E-state index contributed by atoms with van der Waals surface area (Å²) < 4.78 is 15.4. The number of hydrogen-bond acceptors (Lipinski definition) is 5. The molecule has 22 heavy (non-hydrogen) atoms. The van der Waals surface area contributed by atoms with Crippen LogP contribution in [0.5, 0.6) is 5.75 Å². The summed E-state index contributed by atoms with van der Waals surface area (Å²) in [6.45, 7) is 3.71. The number of rotatable bonds is 6. The summed E-state index contributed by atoms with van der Waals surface area (Å²) in [5.41, 5.74) is 1.06. The van der Waals surface area contributed by atoms with E-state index in [2.05, 4.69) is 11.7 Å². The quantitative estimate of drug-likeness (QED) is 0.606. The van der Waals surface area contributed by atoms with Crippen LogP contribution in [0, 0.1) is 0 Å². The molecule has 1 atom stereocenters. The Kier molecular flexibility index (Phi) is 5.20. The smallest absolute Gasteiger partial charge is 0.346 e. The van der Waals surface area contributed by atoms with Crippen molar-refractivity contribution in [3.63, 3.8) is 0 Å². The largest absolute Gasteiger partial charge is 0.479 e. The van der Waals surface area contributed by atoms with Gasteiger partial charge in [0.05, 0.1) is 7.11 Å². The molecule has 0 radical (unpaired) electrons. The fourth-order valence-electron chi connectivity index (χ4n) is 2.28. The average molecular weight is 304 g/mol. The van der Waals surface area contributed by atoms with Gasteiger partial charge >= 0.3 is 11.6 Å². The molecule has 5 nitrogen and oxygen atoms in total. The Morgan fingerprint density at radius 2 is 2.09 bits per heavy atom. The lowest BCUT2D eigenvalue weighted by molar-refractivity contribution is -0.147. The Bertz CT molecular complexity index is 717. The maximum Gasteiger partial charge on any atom is 0.346 e. The third-order valence-electron chi connectivity index (χ3n) is 3.45. The second-order valence-electron chi connectivity index (χ2n) is 5.14. The van der Waals surface area contributed by atoms with E-state index in [4.69, 9.17) is 9.15 Å². The second kappa shape index (κ2) is 7.11. The van der Waals surface area contributed by atoms with Gasteiger partial charge in [-0.05, 0) is 37.5 Å². The van der Waals surface area contributed by atoms with Crippen LogP contribution in [0.25, 0.3) is 11.0 Å². The Morgan fingerprint density at radius 1 is 1.32 bits per heavy atom. The van der Waals surface area contributed by atoms with Crippen LogP contribution in [-0.4, -0.2) is 19.2 Å². The third kappa shape index (κ3) is 3.67. The van der Waals surface area contributed by atoms with Crippen molar-refractivity contribution in [1.29, 1.82) is 0 Å². The molecule has 0 aliphatic rings. The predicted octanol–water partition coefficient (Wildman–Crippen LogP) is 3.08. The monoisotopic (exact) mass is 304 g/mol. The van der Waals surface area contributed by atoms with Crippen molar-refractivity contribution < 1.29 is 18.7 Å². The lowest BCUT2D eigenvalue weighted by Crippen LogP contribution is -2.24. The van der Waals surface area contributed by atoms with Crippen molar-refractivity contribution in [2.45, 2.75) is 39.2 Å². The SMILES string of the molecule is CCCCc1cc(=O)oc2cc(O[C@@H](C)C(=O)OC)ccc12. The molecule has 2 rings (SSSR count). The molecule has 1 aromatic heterocycles. The van der Waals surface area contributed by atoms with E-state index in [1.165, 1.54) is 13.2 Å². The van der Waals surface area contributed by atoms with Gasteiger partial charge in [-0.1, -0.05) is 13.3 Å². The number of ether oxygens (including phenoxy) is 2. The second-order valence-corrected chi connectivity index (χ2v) is 5.14. The Morgan fingerprint density at radius 3 is 2.77 bits per heavy atom. The van der Waals surface area contributed by atoms with Crippen molar-refractivity contribution in [3.8, 4) is 5.75 Å². The molecular weight excluding hydrogens is 284 g/mol. The molecule has 0 bridgehead atoms. The third-order valence-corrected chi connectivity index (χ3v) is 3.45. The molecular formula is C17H20O5. The molecule has 0 fully saturated rings. The zero-order valence-corrected chi connectivity index (χ0v) is 13.0. The fraction of sp³-hybridized carbons (Fsp3) is 0.412. The molecule has 0 N–H and O–H groups in total. The van der Waals surface area contributed by atoms with Gasteiger partial charge in [-0.15, -0.1) is 0 Å². The number of unbranched alkanes of at least 4 members (excludes halogenated alkanes) is 1. The molecule has 0 unspecified atom stereocenters. The van der Waals surface area contributed by atoms with Crippen molar-refractivity contribution in [1.82, 2.24) is 0 Å². The summed E-state index contributed by atoms with van der Waals surface area (Å²) in [6, 6.07) is 6.78. The standard InChI is InChI=1S/C17H20O5/c1-4-5-6-12-9-16(18)22-15-10-13(7-8-14(12)15)21-11(2)17(19)20-3/h7-11H,4-6H2,1-3H3/t11-/m0/s1. The molecule has 118 valence electrons. The number of aryl methyl sites for hydroxylation is 1. The van der Waals surface area contributed by atoms with Crippen LogP contribution in [0.4, 0.5) is 0 Å². The van der Waals surface area contributed by atoms with Gasteiger partial charge in [0.2, 0.25) is 0 Å². The zero-order valence-electron chi connectivity index (χ0n) is 13.0. The molecule has 1 heterocycles. The van der Waals surface area contributed by atoms with Crippen LogP contribution in [-0.2, 0) is 16.0 Å². The Labute approximate surface area is 128 Å². The molecule has 0 aliphatic carbocycles. The number of esters is 1. The lowest BCUT2D eigenvalue weighted by Gasteiger charge is -2.13. The summed E-state index contributed by atoms with van der Waals surface area (Å²) in [5, 5.41) is 0.895. The molecule has 0 amide bonds. The average Bonchev–Trinajstić information content (AvgIpc) is 2.51. The van der Waals surface area contributed by atoms with Crippen LogP contribution in [0.2, 0.25) is 0 Å². The highest BCUT2D eigenvalue weighted by atomic mass is 16.6. The van der Waals surface area contributed by atoms with Crippen LogP contribution in [0.3, 0.4) is 0 Å². The van der Waals surface area contributed by atoms with E-state index in [0.29, 0.717) is 11.3 Å². The van der Waals surface area contributed by atoms with Crippen molar-refractivity contribution in [3.05, 3.63) is 40.2 Å². The molecule has 0 saturated heterocycles. The number of hydrogen-bond donors (Lipinski definition) is 0. The summed E-state index contributed by atoms with van der Waals surface area (Å²) in [5.74, 6) is -0.000521. The lowest BCUT2D eigenvalue weighted by atomic mass is 10.0. The van der Waals surface area contributed by atoms with Gasteiger partial charge in [-0.3, -0.25) is 0 Å². The number of methoxy groups -OCH3 is 1.